The zero-order valence-electron chi connectivity index (χ0n) is 15.5. The van der Waals surface area contributed by atoms with Crippen molar-refractivity contribution in [3.05, 3.63) is 59.2 Å². The van der Waals surface area contributed by atoms with Crippen molar-refractivity contribution in [3.63, 3.8) is 0 Å². The van der Waals surface area contributed by atoms with Crippen LogP contribution in [0.4, 0.5) is 0 Å². The van der Waals surface area contributed by atoms with E-state index in [1.54, 1.807) is 18.2 Å². The smallest absolute Gasteiger partial charge is 0.251 e. The van der Waals surface area contributed by atoms with Crippen LogP contribution in [0.2, 0.25) is 0 Å². The van der Waals surface area contributed by atoms with Crippen LogP contribution in [0.5, 0.6) is 11.5 Å². The molecule has 0 saturated carbocycles. The number of rotatable bonds is 7. The third-order valence-electron chi connectivity index (χ3n) is 4.01. The summed E-state index contributed by atoms with van der Waals surface area (Å²) in [5.74, 6) is 0.377. The Hall–Kier alpha value is -3.02. The summed E-state index contributed by atoms with van der Waals surface area (Å²) in [5.41, 5.74) is 2.56. The molecule has 0 aliphatic rings. The van der Waals surface area contributed by atoms with Gasteiger partial charge in [-0.05, 0) is 37.6 Å². The van der Waals surface area contributed by atoms with Crippen LogP contribution in [0.25, 0.3) is 0 Å². The highest BCUT2D eigenvalue weighted by Crippen LogP contribution is 2.27. The molecule has 26 heavy (non-hydrogen) atoms. The molecule has 2 aromatic rings. The Bertz CT molecular complexity index is 772. The number of amides is 2. The Balaban J connectivity index is 1.90. The van der Waals surface area contributed by atoms with Gasteiger partial charge in [0.15, 0.2) is 11.5 Å². The number of nitrogens with one attached hydrogen (secondary N) is 2. The second kappa shape index (κ2) is 8.89. The molecule has 2 aromatic carbocycles. The van der Waals surface area contributed by atoms with Crippen LogP contribution in [0.1, 0.15) is 34.5 Å². The van der Waals surface area contributed by atoms with Crippen LogP contribution in [-0.2, 0) is 4.79 Å². The minimum absolute atomic E-state index is 0.108. The van der Waals surface area contributed by atoms with Crippen molar-refractivity contribution in [2.75, 3.05) is 20.8 Å². The predicted molar refractivity (Wildman–Crippen MR) is 99.6 cm³/mol. The number of carbonyl (C=O) groups excluding carboxylic acids is 2. The van der Waals surface area contributed by atoms with E-state index in [0.717, 1.165) is 11.1 Å². The molecular weight excluding hydrogens is 332 g/mol. The SMILES string of the molecule is COc1ccc(C(=O)NCC(=O)NC(C)c2ccc(C)cc2)cc1OC. The summed E-state index contributed by atoms with van der Waals surface area (Å²) in [6, 6.07) is 12.6. The maximum atomic E-state index is 12.2. The van der Waals surface area contributed by atoms with Gasteiger partial charge in [0.05, 0.1) is 26.8 Å². The van der Waals surface area contributed by atoms with E-state index in [-0.39, 0.29) is 24.4 Å². The van der Waals surface area contributed by atoms with Crippen LogP contribution >= 0.6 is 0 Å². The molecule has 1 atom stereocenters. The van der Waals surface area contributed by atoms with E-state index in [4.69, 9.17) is 9.47 Å². The molecule has 6 heteroatoms. The van der Waals surface area contributed by atoms with Crippen LogP contribution in [0.3, 0.4) is 0 Å². The standard InChI is InChI=1S/C20H24N2O4/c1-13-5-7-15(8-6-13)14(2)22-19(23)12-21-20(24)16-9-10-17(25-3)18(11-16)26-4/h5-11,14H,12H2,1-4H3,(H,21,24)(H,22,23). The topological polar surface area (TPSA) is 76.7 Å². The first-order valence-corrected chi connectivity index (χ1v) is 8.30. The normalized spacial score (nSPS) is 11.4. The summed E-state index contributed by atoms with van der Waals surface area (Å²) >= 11 is 0. The van der Waals surface area contributed by atoms with Crippen molar-refractivity contribution < 1.29 is 19.1 Å². The first kappa shape index (κ1) is 19.3. The van der Waals surface area contributed by atoms with Gasteiger partial charge in [0.1, 0.15) is 0 Å². The number of hydrogen-bond donors (Lipinski definition) is 2. The van der Waals surface area contributed by atoms with E-state index < -0.39 is 0 Å². The number of hydrogen-bond acceptors (Lipinski definition) is 4. The van der Waals surface area contributed by atoms with Gasteiger partial charge in [0.25, 0.3) is 5.91 Å². The fourth-order valence-electron chi connectivity index (χ4n) is 2.47. The second-order valence-corrected chi connectivity index (χ2v) is 5.95. The summed E-state index contributed by atoms with van der Waals surface area (Å²) < 4.78 is 10.3. The Kier molecular flexibility index (Phi) is 6.60. The van der Waals surface area contributed by atoms with Gasteiger partial charge in [-0.3, -0.25) is 9.59 Å². The fraction of sp³-hybridized carbons (Fsp3) is 0.300. The number of ether oxygens (including phenoxy) is 2. The first-order chi connectivity index (χ1) is 12.4. The quantitative estimate of drug-likeness (QED) is 0.800. The van der Waals surface area contributed by atoms with Crippen LogP contribution < -0.4 is 20.1 Å². The van der Waals surface area contributed by atoms with E-state index in [9.17, 15) is 9.59 Å². The van der Waals surface area contributed by atoms with Crippen LogP contribution in [0.15, 0.2) is 42.5 Å². The lowest BCUT2D eigenvalue weighted by atomic mass is 10.1. The Labute approximate surface area is 153 Å². The maximum absolute atomic E-state index is 12.2. The zero-order chi connectivity index (χ0) is 19.1. The minimum Gasteiger partial charge on any atom is -0.493 e. The average Bonchev–Trinajstić information content (AvgIpc) is 2.65. The molecule has 6 nitrogen and oxygen atoms in total. The molecule has 0 bridgehead atoms. The Morgan fingerprint density at radius 2 is 1.65 bits per heavy atom. The lowest BCUT2D eigenvalue weighted by Gasteiger charge is -2.15. The molecular formula is C20H24N2O4. The van der Waals surface area contributed by atoms with Gasteiger partial charge >= 0.3 is 0 Å². The number of aryl methyl sites for hydroxylation is 1. The van der Waals surface area contributed by atoms with E-state index in [1.807, 2.05) is 38.1 Å². The van der Waals surface area contributed by atoms with Gasteiger partial charge in [-0.15, -0.1) is 0 Å². The minimum atomic E-state index is -0.357. The van der Waals surface area contributed by atoms with Crippen LogP contribution in [0, 0.1) is 6.92 Å². The Morgan fingerprint density at radius 3 is 2.27 bits per heavy atom. The summed E-state index contributed by atoms with van der Waals surface area (Å²) in [6.45, 7) is 3.80. The van der Waals surface area contributed by atoms with E-state index in [1.165, 1.54) is 14.2 Å². The second-order valence-electron chi connectivity index (χ2n) is 5.95. The molecule has 0 radical (unpaired) electrons. The molecule has 0 spiro atoms. The van der Waals surface area contributed by atoms with Gasteiger partial charge in [-0.1, -0.05) is 29.8 Å². The molecule has 1 unspecified atom stereocenters. The molecule has 0 saturated heterocycles. The lowest BCUT2D eigenvalue weighted by molar-refractivity contribution is -0.120. The molecule has 0 aliphatic carbocycles. The van der Waals surface area contributed by atoms with E-state index in [0.29, 0.717) is 17.1 Å². The molecule has 2 amide bonds. The lowest BCUT2D eigenvalue weighted by Crippen LogP contribution is -2.38. The van der Waals surface area contributed by atoms with E-state index in [2.05, 4.69) is 10.6 Å². The van der Waals surface area contributed by atoms with Gasteiger partial charge in [-0.25, -0.2) is 0 Å². The van der Waals surface area contributed by atoms with Crippen molar-refractivity contribution >= 4 is 11.8 Å². The van der Waals surface area contributed by atoms with Gasteiger partial charge in [0.2, 0.25) is 5.91 Å². The fourth-order valence-corrected chi connectivity index (χ4v) is 2.47. The molecule has 2 N–H and O–H groups in total. The molecule has 0 fully saturated rings. The van der Waals surface area contributed by atoms with Crippen molar-refractivity contribution in [1.82, 2.24) is 10.6 Å². The first-order valence-electron chi connectivity index (χ1n) is 8.30. The zero-order valence-corrected chi connectivity index (χ0v) is 15.5. The number of carbonyl (C=O) groups is 2. The molecule has 138 valence electrons. The summed E-state index contributed by atoms with van der Waals surface area (Å²) in [4.78, 5) is 24.3. The summed E-state index contributed by atoms with van der Waals surface area (Å²) in [7, 11) is 3.02. The molecule has 0 heterocycles. The number of methoxy groups -OCH3 is 2. The Morgan fingerprint density at radius 1 is 1.00 bits per heavy atom. The molecule has 0 aliphatic heterocycles. The van der Waals surface area contributed by atoms with Gasteiger partial charge in [-0.2, -0.15) is 0 Å². The predicted octanol–water partition coefficient (Wildman–Crippen LogP) is 2.62. The molecule has 0 aromatic heterocycles. The van der Waals surface area contributed by atoms with Crippen molar-refractivity contribution in [2.45, 2.75) is 19.9 Å². The van der Waals surface area contributed by atoms with E-state index >= 15 is 0 Å². The largest absolute Gasteiger partial charge is 0.493 e. The summed E-state index contributed by atoms with van der Waals surface area (Å²) in [5, 5.41) is 5.47. The summed E-state index contributed by atoms with van der Waals surface area (Å²) in [6.07, 6.45) is 0. The third-order valence-corrected chi connectivity index (χ3v) is 4.01. The van der Waals surface area contributed by atoms with Crippen molar-refractivity contribution in [1.29, 1.82) is 0 Å². The number of benzene rings is 2. The van der Waals surface area contributed by atoms with Crippen LogP contribution in [-0.4, -0.2) is 32.6 Å². The average molecular weight is 356 g/mol. The van der Waals surface area contributed by atoms with Gasteiger partial charge in [0, 0.05) is 5.56 Å². The van der Waals surface area contributed by atoms with Crippen molar-refractivity contribution in [3.8, 4) is 11.5 Å². The van der Waals surface area contributed by atoms with Gasteiger partial charge < -0.3 is 20.1 Å². The monoisotopic (exact) mass is 356 g/mol. The maximum Gasteiger partial charge on any atom is 0.251 e. The third kappa shape index (κ3) is 4.99. The molecule has 2 rings (SSSR count). The highest BCUT2D eigenvalue weighted by atomic mass is 16.5. The highest BCUT2D eigenvalue weighted by Gasteiger charge is 2.13. The highest BCUT2D eigenvalue weighted by molar-refractivity contribution is 5.97. The van der Waals surface area contributed by atoms with Crippen molar-refractivity contribution in [2.24, 2.45) is 0 Å².